The van der Waals surface area contributed by atoms with Crippen molar-refractivity contribution in [3.8, 4) is 0 Å². The van der Waals surface area contributed by atoms with Crippen molar-refractivity contribution in [3.05, 3.63) is 52.8 Å². The van der Waals surface area contributed by atoms with Gasteiger partial charge in [-0.25, -0.2) is 9.59 Å². The molecule has 5 unspecified atom stereocenters. The molecule has 38 heavy (non-hydrogen) atoms. The summed E-state index contributed by atoms with van der Waals surface area (Å²) in [5.41, 5.74) is 0.614. The van der Waals surface area contributed by atoms with Crippen LogP contribution in [0.3, 0.4) is 0 Å². The molecule has 0 amide bonds. The van der Waals surface area contributed by atoms with Crippen LogP contribution in [0.4, 0.5) is 0 Å². The van der Waals surface area contributed by atoms with Crippen LogP contribution in [-0.4, -0.2) is 30.5 Å². The highest BCUT2D eigenvalue weighted by Crippen LogP contribution is 2.44. The molecule has 0 saturated heterocycles. The summed E-state index contributed by atoms with van der Waals surface area (Å²) in [6.07, 6.45) is 6.46. The number of esters is 2. The van der Waals surface area contributed by atoms with Gasteiger partial charge in [0.05, 0.1) is 16.0 Å². The second-order valence-corrected chi connectivity index (χ2v) is 12.9. The molecule has 0 heterocycles. The molecule has 0 aromatic heterocycles. The van der Waals surface area contributed by atoms with Crippen molar-refractivity contribution in [2.45, 2.75) is 97.0 Å². The van der Waals surface area contributed by atoms with Crippen LogP contribution in [0.1, 0.15) is 107 Å². The Bertz CT molecular complexity index is 1230. The lowest BCUT2D eigenvalue weighted by Crippen LogP contribution is -2.44. The zero-order valence-corrected chi connectivity index (χ0v) is 24.3. The number of ether oxygens (including phenoxy) is 2. The van der Waals surface area contributed by atoms with Gasteiger partial charge in [-0.05, 0) is 99.0 Å². The molecule has 210 valence electrons. The summed E-state index contributed by atoms with van der Waals surface area (Å²) in [5, 5.41) is 0. The van der Waals surface area contributed by atoms with Crippen LogP contribution in [-0.2, 0) is 19.6 Å². The smallest absolute Gasteiger partial charge is 0.343 e. The van der Waals surface area contributed by atoms with Crippen LogP contribution in [0.15, 0.2) is 46.6 Å². The first-order valence-electron chi connectivity index (χ1n) is 13.6. The lowest BCUT2D eigenvalue weighted by Gasteiger charge is -2.43. The molecule has 0 spiro atoms. The number of allylic oxidation sites excluding steroid dienone is 2. The molecule has 0 radical (unpaired) electrons. The average molecular weight is 547 g/mol. The topological polar surface area (TPSA) is 107 Å². The van der Waals surface area contributed by atoms with E-state index in [1.807, 2.05) is 13.8 Å². The lowest BCUT2D eigenvalue weighted by atomic mass is 9.69. The van der Waals surface area contributed by atoms with Crippen LogP contribution in [0.25, 0.3) is 0 Å². The largest absolute Gasteiger partial charge is 0.451 e. The molecule has 5 atom stereocenters. The maximum Gasteiger partial charge on any atom is 0.343 e. The quantitative estimate of drug-likeness (QED) is 0.168. The Morgan fingerprint density at radius 3 is 2.13 bits per heavy atom. The number of hydrogen-bond acceptors (Lipinski definition) is 6. The van der Waals surface area contributed by atoms with Gasteiger partial charge in [0.15, 0.2) is 0 Å². The van der Waals surface area contributed by atoms with Crippen molar-refractivity contribution >= 4 is 22.1 Å². The second kappa shape index (κ2) is 11.7. The first-order valence-corrected chi connectivity index (χ1v) is 15.1. The molecule has 2 fully saturated rings. The number of carbonyl (C=O) groups excluding carboxylic acids is 2. The predicted molar refractivity (Wildman–Crippen MR) is 146 cm³/mol. The molecule has 1 N–H and O–H groups in total. The molecule has 3 rings (SSSR count). The van der Waals surface area contributed by atoms with Crippen LogP contribution >= 0.6 is 0 Å². The molecule has 0 bridgehead atoms. The Morgan fingerprint density at radius 1 is 1.00 bits per heavy atom. The van der Waals surface area contributed by atoms with Crippen LogP contribution in [0.2, 0.25) is 0 Å². The van der Waals surface area contributed by atoms with E-state index in [4.69, 9.17) is 9.47 Å². The fraction of sp³-hybridized carbons (Fsp3) is 0.600. The molecule has 2 saturated carbocycles. The van der Waals surface area contributed by atoms with Crippen molar-refractivity contribution < 1.29 is 32.0 Å². The normalized spacial score (nSPS) is 29.5. The van der Waals surface area contributed by atoms with Crippen molar-refractivity contribution in [1.29, 1.82) is 0 Å². The second-order valence-electron chi connectivity index (χ2n) is 11.5. The fourth-order valence-electron chi connectivity index (χ4n) is 5.88. The molecule has 7 nitrogen and oxygen atoms in total. The Morgan fingerprint density at radius 2 is 1.58 bits per heavy atom. The van der Waals surface area contributed by atoms with E-state index in [2.05, 4.69) is 27.4 Å². The van der Waals surface area contributed by atoms with E-state index in [1.165, 1.54) is 6.07 Å². The van der Waals surface area contributed by atoms with Crippen molar-refractivity contribution in [2.24, 2.45) is 23.7 Å². The third-order valence-electron chi connectivity index (χ3n) is 8.61. The molecule has 2 aliphatic rings. The van der Waals surface area contributed by atoms with Gasteiger partial charge in [-0.2, -0.15) is 8.42 Å². The van der Waals surface area contributed by atoms with Gasteiger partial charge >= 0.3 is 11.9 Å². The van der Waals surface area contributed by atoms with Gasteiger partial charge in [-0.15, -0.1) is 0 Å². The minimum Gasteiger partial charge on any atom is -0.451 e. The van der Waals surface area contributed by atoms with Gasteiger partial charge in [0, 0.05) is 0 Å². The highest BCUT2D eigenvalue weighted by atomic mass is 32.2. The molecule has 8 heteroatoms. The van der Waals surface area contributed by atoms with Gasteiger partial charge in [0.25, 0.3) is 10.1 Å². The molecule has 0 aliphatic heterocycles. The SMILES string of the molecule is C=C1CC(CC)CC(C)C1(C)OC(=O)c1cc(C(=O)O/C(C)=C2/CC(C)CC(CC)C2)cc(S(=O)(=O)O)c1. The third-order valence-corrected chi connectivity index (χ3v) is 9.44. The van der Waals surface area contributed by atoms with Crippen LogP contribution in [0, 0.1) is 23.7 Å². The van der Waals surface area contributed by atoms with E-state index in [0.717, 1.165) is 68.2 Å². The minimum absolute atomic E-state index is 0.00551. The molecular formula is C30H42O7S. The molecule has 1 aromatic carbocycles. The van der Waals surface area contributed by atoms with Gasteiger partial charge in [-0.3, -0.25) is 4.55 Å². The first-order chi connectivity index (χ1) is 17.7. The minimum atomic E-state index is -4.71. The van der Waals surface area contributed by atoms with Crippen LogP contribution in [0.5, 0.6) is 0 Å². The van der Waals surface area contributed by atoms with Gasteiger partial charge < -0.3 is 9.47 Å². The van der Waals surface area contributed by atoms with Crippen molar-refractivity contribution in [3.63, 3.8) is 0 Å². The number of hydrogen-bond donors (Lipinski definition) is 1. The Kier molecular flexibility index (Phi) is 9.30. The summed E-state index contributed by atoms with van der Waals surface area (Å²) in [5.74, 6) is 0.374. The van der Waals surface area contributed by atoms with Gasteiger partial charge in [-0.1, -0.05) is 47.1 Å². The van der Waals surface area contributed by atoms with E-state index < -0.39 is 32.6 Å². The molecule has 1 aromatic rings. The highest BCUT2D eigenvalue weighted by molar-refractivity contribution is 7.85. The van der Waals surface area contributed by atoms with Crippen LogP contribution < -0.4 is 0 Å². The van der Waals surface area contributed by atoms with E-state index in [1.54, 1.807) is 6.92 Å². The molecule has 2 aliphatic carbocycles. The Hall–Kier alpha value is -2.45. The van der Waals surface area contributed by atoms with E-state index in [-0.39, 0.29) is 17.0 Å². The third kappa shape index (κ3) is 6.75. The highest BCUT2D eigenvalue weighted by Gasteiger charge is 2.43. The van der Waals surface area contributed by atoms with Gasteiger partial charge in [0.2, 0.25) is 0 Å². The Balaban J connectivity index is 1.90. The first kappa shape index (κ1) is 30.1. The summed E-state index contributed by atoms with van der Waals surface area (Å²) < 4.78 is 45.3. The standard InChI is InChI=1S/C30H42O7S/c1-8-22-10-18(3)11-24(14-22)21(6)36-28(31)25-15-26(17-27(16-25)38(33,34)35)29(32)37-30(7)19(4)12-23(9-2)13-20(30)5/h15-18,20,22-23H,4,8-14H2,1-3,5-7H3,(H,33,34,35)/b24-21-. The zero-order chi connectivity index (χ0) is 28.4. The summed E-state index contributed by atoms with van der Waals surface area (Å²) >= 11 is 0. The van der Waals surface area contributed by atoms with E-state index in [0.29, 0.717) is 23.5 Å². The lowest BCUT2D eigenvalue weighted by molar-refractivity contribution is -0.0332. The maximum atomic E-state index is 13.3. The zero-order valence-electron chi connectivity index (χ0n) is 23.5. The fourth-order valence-corrected chi connectivity index (χ4v) is 6.44. The number of benzene rings is 1. The summed E-state index contributed by atoms with van der Waals surface area (Å²) in [7, 11) is -4.71. The monoisotopic (exact) mass is 546 g/mol. The number of carbonyl (C=O) groups is 2. The summed E-state index contributed by atoms with van der Waals surface area (Å²) in [6.45, 7) is 16.2. The van der Waals surface area contributed by atoms with E-state index >= 15 is 0 Å². The number of rotatable bonds is 7. The predicted octanol–water partition coefficient (Wildman–Crippen LogP) is 7.14. The average Bonchev–Trinajstić information content (AvgIpc) is 2.85. The Labute approximate surface area is 227 Å². The summed E-state index contributed by atoms with van der Waals surface area (Å²) in [4.78, 5) is 25.8. The molecular weight excluding hydrogens is 504 g/mol. The maximum absolute atomic E-state index is 13.3. The summed E-state index contributed by atoms with van der Waals surface area (Å²) in [6, 6.07) is 3.29. The van der Waals surface area contributed by atoms with E-state index in [9.17, 15) is 22.6 Å². The van der Waals surface area contributed by atoms with Gasteiger partial charge in [0.1, 0.15) is 11.4 Å². The van der Waals surface area contributed by atoms with Crippen molar-refractivity contribution in [1.82, 2.24) is 0 Å². The van der Waals surface area contributed by atoms with Crippen molar-refractivity contribution in [2.75, 3.05) is 0 Å².